The van der Waals surface area contributed by atoms with Gasteiger partial charge in [0, 0.05) is 28.0 Å². The molecule has 2 heteroatoms. The number of furan rings is 1. The minimum atomic E-state index is 0.869. The largest absolute Gasteiger partial charge is 0.456 e. The monoisotopic (exact) mass is 741 g/mol. The van der Waals surface area contributed by atoms with E-state index in [1.165, 1.54) is 33.4 Å². The lowest BCUT2D eigenvalue weighted by Gasteiger charge is -2.27. The Hall–Kier alpha value is -7.68. The first-order chi connectivity index (χ1) is 28.7. The van der Waals surface area contributed by atoms with Crippen molar-refractivity contribution in [2.75, 3.05) is 4.90 Å². The fourth-order valence-corrected chi connectivity index (χ4v) is 7.85. The van der Waals surface area contributed by atoms with Gasteiger partial charge in [-0.1, -0.05) is 176 Å². The van der Waals surface area contributed by atoms with E-state index in [4.69, 9.17) is 4.42 Å². The van der Waals surface area contributed by atoms with E-state index in [1.54, 1.807) is 0 Å². The van der Waals surface area contributed by atoms with E-state index in [-0.39, 0.29) is 0 Å². The number of nitrogens with zero attached hydrogens (tertiary/aromatic N) is 1. The fraction of sp³-hybridized carbons (Fsp3) is 0. The first-order valence-electron chi connectivity index (χ1n) is 19.7. The molecule has 1 heterocycles. The van der Waals surface area contributed by atoms with Gasteiger partial charge in [-0.3, -0.25) is 0 Å². The highest BCUT2D eigenvalue weighted by Gasteiger charge is 2.17. The molecule has 0 aliphatic carbocycles. The summed E-state index contributed by atoms with van der Waals surface area (Å²) in [6.45, 7) is 0. The average molecular weight is 742 g/mol. The highest BCUT2D eigenvalue weighted by molar-refractivity contribution is 5.87. The summed E-state index contributed by atoms with van der Waals surface area (Å²) in [5.74, 6) is 0.869. The molecule has 10 rings (SSSR count). The average Bonchev–Trinajstić information content (AvgIpc) is 3.75. The molecular weight excluding hydrogens is 703 g/mol. The van der Waals surface area contributed by atoms with Crippen molar-refractivity contribution >= 4 is 28.0 Å². The highest BCUT2D eigenvalue weighted by atomic mass is 16.3. The number of para-hydroxylation sites is 1. The lowest BCUT2D eigenvalue weighted by atomic mass is 9.97. The minimum absolute atomic E-state index is 0.869. The van der Waals surface area contributed by atoms with Crippen LogP contribution in [0.4, 0.5) is 17.1 Å². The van der Waals surface area contributed by atoms with Crippen LogP contribution in [0.3, 0.4) is 0 Å². The highest BCUT2D eigenvalue weighted by Crippen LogP contribution is 2.41. The van der Waals surface area contributed by atoms with Gasteiger partial charge in [0.05, 0.1) is 0 Å². The minimum Gasteiger partial charge on any atom is -0.456 e. The molecule has 274 valence electrons. The van der Waals surface area contributed by atoms with Crippen LogP contribution in [0.1, 0.15) is 0 Å². The predicted octanol–water partition coefficient (Wildman–Crippen LogP) is 15.9. The summed E-state index contributed by atoms with van der Waals surface area (Å²) < 4.78 is 6.23. The van der Waals surface area contributed by atoms with Gasteiger partial charge in [-0.25, -0.2) is 0 Å². The molecule has 0 saturated heterocycles. The fourth-order valence-electron chi connectivity index (χ4n) is 7.85. The molecule has 0 amide bonds. The normalized spacial score (nSPS) is 11.1. The van der Waals surface area contributed by atoms with Crippen molar-refractivity contribution in [1.29, 1.82) is 0 Å². The first-order valence-corrected chi connectivity index (χ1v) is 19.7. The number of rotatable bonds is 9. The van der Waals surface area contributed by atoms with Crippen molar-refractivity contribution in [2.45, 2.75) is 0 Å². The Morgan fingerprint density at radius 2 is 0.621 bits per heavy atom. The van der Waals surface area contributed by atoms with Crippen LogP contribution >= 0.6 is 0 Å². The molecule has 0 bridgehead atoms. The van der Waals surface area contributed by atoms with E-state index < -0.39 is 0 Å². The molecule has 0 saturated carbocycles. The summed E-state index contributed by atoms with van der Waals surface area (Å²) in [6, 6.07) is 84.3. The Morgan fingerprint density at radius 3 is 1.14 bits per heavy atom. The molecule has 2 nitrogen and oxygen atoms in total. The number of fused-ring (bicyclic) bond motifs is 1. The van der Waals surface area contributed by atoms with Gasteiger partial charge in [-0.2, -0.15) is 0 Å². The van der Waals surface area contributed by atoms with Crippen molar-refractivity contribution in [2.24, 2.45) is 0 Å². The third-order valence-corrected chi connectivity index (χ3v) is 10.9. The summed E-state index contributed by atoms with van der Waals surface area (Å²) in [5.41, 5.74) is 16.9. The van der Waals surface area contributed by atoms with Crippen LogP contribution in [0.25, 0.3) is 77.9 Å². The van der Waals surface area contributed by atoms with Gasteiger partial charge in [0.25, 0.3) is 0 Å². The topological polar surface area (TPSA) is 16.4 Å². The van der Waals surface area contributed by atoms with Crippen LogP contribution in [0.5, 0.6) is 0 Å². The number of hydrogen-bond acceptors (Lipinski definition) is 2. The molecule has 0 radical (unpaired) electrons. The second-order valence-electron chi connectivity index (χ2n) is 14.6. The van der Waals surface area contributed by atoms with E-state index in [2.05, 4.69) is 223 Å². The standard InChI is InChI=1S/C56H39NO/c1-4-13-40(14-5-1)43-23-25-44(26-24-43)45-27-31-52(32-28-45)57(54-37-50(41-15-6-2-7-16-41)36-51(38-54)42-17-8-3-9-18-42)53-33-29-46(30-34-53)47-20-12-21-48(35-47)56-39-49-19-10-11-22-55(49)58-56/h1-39H. The van der Waals surface area contributed by atoms with Crippen LogP contribution < -0.4 is 4.90 Å². The Kier molecular flexibility index (Phi) is 9.27. The zero-order valence-corrected chi connectivity index (χ0v) is 31.9. The number of benzene rings is 9. The van der Waals surface area contributed by atoms with Gasteiger partial charge in [-0.15, -0.1) is 0 Å². The van der Waals surface area contributed by atoms with E-state index in [9.17, 15) is 0 Å². The van der Waals surface area contributed by atoms with Crippen LogP contribution in [-0.4, -0.2) is 0 Å². The SMILES string of the molecule is c1ccc(-c2ccc(-c3ccc(N(c4ccc(-c5cccc(-c6cc7ccccc7o6)c5)cc4)c4cc(-c5ccccc5)cc(-c5ccccc5)c4)cc3)cc2)cc1. The van der Waals surface area contributed by atoms with E-state index in [0.717, 1.165) is 61.6 Å². The van der Waals surface area contributed by atoms with Crippen LogP contribution in [0, 0.1) is 0 Å². The van der Waals surface area contributed by atoms with Crippen molar-refractivity contribution in [3.63, 3.8) is 0 Å². The van der Waals surface area contributed by atoms with Crippen LogP contribution in [-0.2, 0) is 0 Å². The van der Waals surface area contributed by atoms with Crippen molar-refractivity contribution < 1.29 is 4.42 Å². The molecule has 0 atom stereocenters. The zero-order chi connectivity index (χ0) is 38.7. The molecule has 0 unspecified atom stereocenters. The first kappa shape index (κ1) is 34.8. The molecule has 58 heavy (non-hydrogen) atoms. The Morgan fingerprint density at radius 1 is 0.241 bits per heavy atom. The smallest absolute Gasteiger partial charge is 0.135 e. The van der Waals surface area contributed by atoms with Crippen molar-refractivity contribution in [3.05, 3.63) is 237 Å². The van der Waals surface area contributed by atoms with Crippen LogP contribution in [0.15, 0.2) is 241 Å². The van der Waals surface area contributed by atoms with E-state index in [0.29, 0.717) is 0 Å². The summed E-state index contributed by atoms with van der Waals surface area (Å²) in [5, 5.41) is 1.10. The van der Waals surface area contributed by atoms with E-state index in [1.807, 2.05) is 18.2 Å². The molecule has 0 aliphatic rings. The van der Waals surface area contributed by atoms with E-state index >= 15 is 0 Å². The summed E-state index contributed by atoms with van der Waals surface area (Å²) in [6.07, 6.45) is 0. The van der Waals surface area contributed by atoms with Gasteiger partial charge >= 0.3 is 0 Å². The molecule has 1 aromatic heterocycles. The zero-order valence-electron chi connectivity index (χ0n) is 31.9. The maximum atomic E-state index is 6.23. The lowest BCUT2D eigenvalue weighted by molar-refractivity contribution is 0.631. The summed E-state index contributed by atoms with van der Waals surface area (Å²) >= 11 is 0. The molecule has 0 fully saturated rings. The van der Waals surface area contributed by atoms with Gasteiger partial charge in [0.2, 0.25) is 0 Å². The number of anilines is 3. The summed E-state index contributed by atoms with van der Waals surface area (Å²) in [4.78, 5) is 2.37. The maximum Gasteiger partial charge on any atom is 0.135 e. The molecule has 0 spiro atoms. The van der Waals surface area contributed by atoms with Gasteiger partial charge in [0.1, 0.15) is 11.3 Å². The summed E-state index contributed by atoms with van der Waals surface area (Å²) in [7, 11) is 0. The molecular formula is C56H39NO. The molecule has 9 aromatic carbocycles. The Balaban J connectivity index is 1.05. The third kappa shape index (κ3) is 7.11. The maximum absolute atomic E-state index is 6.23. The van der Waals surface area contributed by atoms with Gasteiger partial charge in [-0.05, 0) is 116 Å². The van der Waals surface area contributed by atoms with Gasteiger partial charge < -0.3 is 9.32 Å². The lowest BCUT2D eigenvalue weighted by Crippen LogP contribution is -2.10. The Bertz CT molecular complexity index is 2860. The number of hydrogen-bond donors (Lipinski definition) is 0. The van der Waals surface area contributed by atoms with Crippen molar-refractivity contribution in [3.8, 4) is 67.0 Å². The Labute approximate surface area is 339 Å². The molecule has 0 N–H and O–H groups in total. The second kappa shape index (κ2) is 15.5. The third-order valence-electron chi connectivity index (χ3n) is 10.9. The molecule has 0 aliphatic heterocycles. The predicted molar refractivity (Wildman–Crippen MR) is 244 cm³/mol. The quantitative estimate of drug-likeness (QED) is 0.146. The van der Waals surface area contributed by atoms with Crippen LogP contribution in [0.2, 0.25) is 0 Å². The van der Waals surface area contributed by atoms with Gasteiger partial charge in [0.15, 0.2) is 0 Å². The second-order valence-corrected chi connectivity index (χ2v) is 14.6. The van der Waals surface area contributed by atoms with Crippen molar-refractivity contribution in [1.82, 2.24) is 0 Å². The molecule has 10 aromatic rings.